The van der Waals surface area contributed by atoms with E-state index in [4.69, 9.17) is 14.7 Å². The number of aryl methyl sites for hydroxylation is 1. The van der Waals surface area contributed by atoms with Gasteiger partial charge in [0.05, 0.1) is 11.3 Å². The number of ether oxygens (including phenoxy) is 1. The van der Waals surface area contributed by atoms with Crippen LogP contribution in [0.3, 0.4) is 0 Å². The summed E-state index contributed by atoms with van der Waals surface area (Å²) < 4.78 is 47.6. The topological polar surface area (TPSA) is 41.5 Å². The minimum absolute atomic E-state index is 0.172. The van der Waals surface area contributed by atoms with Crippen LogP contribution >= 0.6 is 0 Å². The van der Waals surface area contributed by atoms with Crippen LogP contribution in [0.1, 0.15) is 41.6 Å². The van der Waals surface area contributed by atoms with E-state index in [0.29, 0.717) is 36.9 Å². The van der Waals surface area contributed by atoms with Crippen molar-refractivity contribution in [2.75, 3.05) is 24.5 Å². The van der Waals surface area contributed by atoms with Crippen LogP contribution < -0.4 is 9.64 Å². The Balaban J connectivity index is 1.47. The Labute approximate surface area is 197 Å². The van der Waals surface area contributed by atoms with Gasteiger partial charge in [-0.2, -0.15) is 4.98 Å². The average molecular weight is 469 g/mol. The maximum atomic E-state index is 14.4. The van der Waals surface area contributed by atoms with Crippen molar-refractivity contribution in [1.82, 2.24) is 14.9 Å². The van der Waals surface area contributed by atoms with Crippen molar-refractivity contribution < 1.29 is 17.9 Å². The van der Waals surface area contributed by atoms with E-state index in [1.165, 1.54) is 18.6 Å². The van der Waals surface area contributed by atoms with Crippen LogP contribution in [0.2, 0.25) is 0 Å². The molecule has 2 aromatic carbocycles. The van der Waals surface area contributed by atoms with Crippen LogP contribution in [0.4, 0.5) is 19.1 Å². The van der Waals surface area contributed by atoms with Gasteiger partial charge in [0.2, 0.25) is 11.8 Å². The molecule has 5 nitrogen and oxygen atoms in total. The van der Waals surface area contributed by atoms with Gasteiger partial charge in [-0.1, -0.05) is 17.7 Å². The quantitative estimate of drug-likeness (QED) is 0.492. The first-order chi connectivity index (χ1) is 16.5. The predicted molar refractivity (Wildman–Crippen MR) is 123 cm³/mol. The summed E-state index contributed by atoms with van der Waals surface area (Å²) in [6.45, 7) is 5.34. The van der Waals surface area contributed by atoms with Gasteiger partial charge in [0.1, 0.15) is 11.6 Å². The largest absolute Gasteiger partial charge is 0.438 e. The Kier molecular flexibility index (Phi) is 6.41. The molecule has 8 heteroatoms. The minimum Gasteiger partial charge on any atom is -0.438 e. The van der Waals surface area contributed by atoms with E-state index in [0.717, 1.165) is 61.4 Å². The lowest BCUT2D eigenvalue weighted by Crippen LogP contribution is -2.34. The van der Waals surface area contributed by atoms with E-state index in [2.05, 4.69) is 9.80 Å². The first kappa shape index (κ1) is 22.7. The number of benzene rings is 2. The van der Waals surface area contributed by atoms with Gasteiger partial charge in [-0.05, 0) is 44.4 Å². The Morgan fingerprint density at radius 3 is 2.47 bits per heavy atom. The molecule has 5 rings (SSSR count). The fourth-order valence-electron chi connectivity index (χ4n) is 4.60. The summed E-state index contributed by atoms with van der Waals surface area (Å²) in [5.74, 6) is -1.02. The fourth-order valence-corrected chi connectivity index (χ4v) is 4.60. The van der Waals surface area contributed by atoms with Crippen molar-refractivity contribution in [3.8, 4) is 11.6 Å². The molecule has 3 heterocycles. The molecule has 0 radical (unpaired) electrons. The summed E-state index contributed by atoms with van der Waals surface area (Å²) in [5, 5.41) is 0. The molecule has 34 heavy (non-hydrogen) atoms. The molecule has 3 aromatic rings. The van der Waals surface area contributed by atoms with Gasteiger partial charge in [-0.3, -0.25) is 4.90 Å². The standard InChI is InChI=1S/C26H27F3N4O/c1-17-5-7-21(27)18(13-17)15-32-12-9-24-20(16-32)25(34-19-6-8-22(28)23(29)14-19)31-26(30-24)33-10-3-2-4-11-33/h5-8,13-14H,2-4,9-12,15-16H2,1H3. The minimum atomic E-state index is -0.978. The van der Waals surface area contributed by atoms with Gasteiger partial charge in [0.25, 0.3) is 0 Å². The van der Waals surface area contributed by atoms with Crippen molar-refractivity contribution in [3.63, 3.8) is 0 Å². The smallest absolute Gasteiger partial charge is 0.228 e. The Hall–Kier alpha value is -3.13. The van der Waals surface area contributed by atoms with Crippen LogP contribution in [-0.2, 0) is 19.5 Å². The van der Waals surface area contributed by atoms with Gasteiger partial charge in [0, 0.05) is 50.8 Å². The molecule has 0 unspecified atom stereocenters. The number of fused-ring (bicyclic) bond motifs is 1. The van der Waals surface area contributed by atoms with Crippen LogP contribution in [0.5, 0.6) is 11.6 Å². The van der Waals surface area contributed by atoms with Crippen molar-refractivity contribution >= 4 is 5.95 Å². The molecule has 2 aliphatic rings. The summed E-state index contributed by atoms with van der Waals surface area (Å²) >= 11 is 0. The number of hydrogen-bond acceptors (Lipinski definition) is 5. The third kappa shape index (κ3) is 4.87. The average Bonchev–Trinajstić information content (AvgIpc) is 2.84. The summed E-state index contributed by atoms with van der Waals surface area (Å²) in [6, 6.07) is 8.56. The number of rotatable bonds is 5. The highest BCUT2D eigenvalue weighted by atomic mass is 19.2. The lowest BCUT2D eigenvalue weighted by molar-refractivity contribution is 0.235. The van der Waals surface area contributed by atoms with E-state index in [9.17, 15) is 13.2 Å². The van der Waals surface area contributed by atoms with Crippen LogP contribution in [0.25, 0.3) is 0 Å². The van der Waals surface area contributed by atoms with Crippen molar-refractivity contribution in [3.05, 3.63) is 76.2 Å². The zero-order valence-corrected chi connectivity index (χ0v) is 19.2. The SMILES string of the molecule is Cc1ccc(F)c(CN2CCc3nc(N4CCCCC4)nc(Oc4ccc(F)c(F)c4)c3C2)c1. The first-order valence-electron chi connectivity index (χ1n) is 11.7. The van der Waals surface area contributed by atoms with E-state index >= 15 is 0 Å². The van der Waals surface area contributed by atoms with Gasteiger partial charge in [-0.15, -0.1) is 0 Å². The molecule has 178 valence electrons. The summed E-state index contributed by atoms with van der Waals surface area (Å²) in [6.07, 6.45) is 4.01. The molecule has 2 aliphatic heterocycles. The molecule has 1 fully saturated rings. The van der Waals surface area contributed by atoms with E-state index in [1.54, 1.807) is 6.07 Å². The number of nitrogens with zero attached hydrogens (tertiary/aromatic N) is 4. The fraction of sp³-hybridized carbons (Fsp3) is 0.385. The van der Waals surface area contributed by atoms with Gasteiger partial charge in [0.15, 0.2) is 11.6 Å². The van der Waals surface area contributed by atoms with Gasteiger partial charge >= 0.3 is 0 Å². The molecule has 0 amide bonds. The van der Waals surface area contributed by atoms with E-state index in [-0.39, 0.29) is 11.6 Å². The molecule has 1 aromatic heterocycles. The number of anilines is 1. The zero-order chi connectivity index (χ0) is 23.7. The van der Waals surface area contributed by atoms with Crippen LogP contribution in [0, 0.1) is 24.4 Å². The maximum absolute atomic E-state index is 14.4. The second kappa shape index (κ2) is 9.62. The van der Waals surface area contributed by atoms with E-state index in [1.807, 2.05) is 13.0 Å². The highest BCUT2D eigenvalue weighted by Gasteiger charge is 2.26. The zero-order valence-electron chi connectivity index (χ0n) is 19.2. The molecule has 1 saturated heterocycles. The Bertz CT molecular complexity index is 1200. The maximum Gasteiger partial charge on any atom is 0.228 e. The molecule has 0 atom stereocenters. The second-order valence-electron chi connectivity index (χ2n) is 9.04. The molecular weight excluding hydrogens is 441 g/mol. The van der Waals surface area contributed by atoms with Gasteiger partial charge < -0.3 is 9.64 Å². The molecule has 0 N–H and O–H groups in total. The number of hydrogen-bond donors (Lipinski definition) is 0. The van der Waals surface area contributed by atoms with Crippen molar-refractivity contribution in [2.24, 2.45) is 0 Å². The highest BCUT2D eigenvalue weighted by Crippen LogP contribution is 2.33. The summed E-state index contributed by atoms with van der Waals surface area (Å²) in [4.78, 5) is 13.8. The molecule has 0 bridgehead atoms. The van der Waals surface area contributed by atoms with Crippen LogP contribution in [-0.4, -0.2) is 34.5 Å². The summed E-state index contributed by atoms with van der Waals surface area (Å²) in [5.41, 5.74) is 3.32. The van der Waals surface area contributed by atoms with Gasteiger partial charge in [-0.25, -0.2) is 18.2 Å². The molecule has 0 aliphatic carbocycles. The highest BCUT2D eigenvalue weighted by molar-refractivity contribution is 5.44. The Morgan fingerprint density at radius 1 is 0.882 bits per heavy atom. The molecular formula is C26H27F3N4O. The lowest BCUT2D eigenvalue weighted by atomic mass is 10.0. The Morgan fingerprint density at radius 2 is 1.68 bits per heavy atom. The summed E-state index contributed by atoms with van der Waals surface area (Å²) in [7, 11) is 0. The third-order valence-electron chi connectivity index (χ3n) is 6.43. The first-order valence-corrected chi connectivity index (χ1v) is 11.7. The second-order valence-corrected chi connectivity index (χ2v) is 9.04. The molecule has 0 spiro atoms. The monoisotopic (exact) mass is 468 g/mol. The molecule has 0 saturated carbocycles. The lowest BCUT2D eigenvalue weighted by Gasteiger charge is -2.32. The van der Waals surface area contributed by atoms with Crippen molar-refractivity contribution in [2.45, 2.75) is 45.7 Å². The van der Waals surface area contributed by atoms with Crippen molar-refractivity contribution in [1.29, 1.82) is 0 Å². The van der Waals surface area contributed by atoms with Crippen LogP contribution in [0.15, 0.2) is 36.4 Å². The third-order valence-corrected chi connectivity index (χ3v) is 6.43. The normalized spacial score (nSPS) is 16.4. The number of halogens is 3. The predicted octanol–water partition coefficient (Wildman–Crippen LogP) is 5.54. The number of aromatic nitrogens is 2. The van der Waals surface area contributed by atoms with E-state index < -0.39 is 11.6 Å². The number of piperidine rings is 1.